The van der Waals surface area contributed by atoms with Crippen LogP contribution in [0.5, 0.6) is 5.75 Å². The number of rotatable bonds is 5. The van der Waals surface area contributed by atoms with E-state index in [9.17, 15) is 4.79 Å². The van der Waals surface area contributed by atoms with Gasteiger partial charge in [-0.15, -0.1) is 0 Å². The number of aryl methyl sites for hydroxylation is 2. The Morgan fingerprint density at radius 1 is 1.09 bits per heavy atom. The summed E-state index contributed by atoms with van der Waals surface area (Å²) in [5.74, 6) is 0.771. The molecule has 0 aromatic heterocycles. The van der Waals surface area contributed by atoms with Gasteiger partial charge in [0.2, 0.25) is 0 Å². The first kappa shape index (κ1) is 15.9. The molecule has 2 amide bonds. The third-order valence-electron chi connectivity index (χ3n) is 3.61. The van der Waals surface area contributed by atoms with Crippen LogP contribution in [0.4, 0.5) is 10.5 Å². The SMILES string of the molecule is CCc1cccc(C)c1NC(=O)NCc1ccccc1OC. The van der Waals surface area contributed by atoms with Crippen molar-refractivity contribution in [1.82, 2.24) is 5.32 Å². The van der Waals surface area contributed by atoms with Crippen LogP contribution in [-0.2, 0) is 13.0 Å². The predicted molar refractivity (Wildman–Crippen MR) is 89.4 cm³/mol. The van der Waals surface area contributed by atoms with Crippen LogP contribution in [-0.4, -0.2) is 13.1 Å². The molecule has 0 aliphatic rings. The molecule has 0 spiro atoms. The third-order valence-corrected chi connectivity index (χ3v) is 3.61. The number of methoxy groups -OCH3 is 1. The maximum atomic E-state index is 12.1. The second-order valence-electron chi connectivity index (χ2n) is 5.08. The Morgan fingerprint density at radius 3 is 2.55 bits per heavy atom. The minimum atomic E-state index is -0.213. The Morgan fingerprint density at radius 2 is 1.82 bits per heavy atom. The summed E-state index contributed by atoms with van der Waals surface area (Å²) >= 11 is 0. The molecule has 4 nitrogen and oxygen atoms in total. The summed E-state index contributed by atoms with van der Waals surface area (Å²) in [6.45, 7) is 4.49. The van der Waals surface area contributed by atoms with Gasteiger partial charge in [0, 0.05) is 17.8 Å². The number of benzene rings is 2. The van der Waals surface area contributed by atoms with Crippen LogP contribution in [0.1, 0.15) is 23.6 Å². The molecular formula is C18H22N2O2. The largest absolute Gasteiger partial charge is 0.496 e. The zero-order valence-electron chi connectivity index (χ0n) is 13.3. The molecule has 0 aliphatic carbocycles. The average Bonchev–Trinajstić information content (AvgIpc) is 2.55. The summed E-state index contributed by atoms with van der Waals surface area (Å²) in [4.78, 5) is 12.1. The molecule has 2 rings (SSSR count). The average molecular weight is 298 g/mol. The number of carbonyl (C=O) groups excluding carboxylic acids is 1. The van der Waals surface area contributed by atoms with E-state index in [0.29, 0.717) is 6.54 Å². The normalized spacial score (nSPS) is 10.1. The summed E-state index contributed by atoms with van der Waals surface area (Å²) in [7, 11) is 1.62. The molecule has 0 saturated carbocycles. The molecule has 22 heavy (non-hydrogen) atoms. The first-order valence-corrected chi connectivity index (χ1v) is 7.41. The maximum absolute atomic E-state index is 12.1. The predicted octanol–water partition coefficient (Wildman–Crippen LogP) is 3.89. The van der Waals surface area contributed by atoms with E-state index in [1.54, 1.807) is 7.11 Å². The minimum absolute atomic E-state index is 0.213. The maximum Gasteiger partial charge on any atom is 0.319 e. The van der Waals surface area contributed by atoms with E-state index < -0.39 is 0 Å². The zero-order valence-corrected chi connectivity index (χ0v) is 13.3. The van der Waals surface area contributed by atoms with Gasteiger partial charge in [-0.25, -0.2) is 4.79 Å². The van der Waals surface area contributed by atoms with Crippen molar-refractivity contribution in [2.45, 2.75) is 26.8 Å². The molecule has 0 fully saturated rings. The topological polar surface area (TPSA) is 50.4 Å². The van der Waals surface area contributed by atoms with E-state index in [1.807, 2.05) is 49.4 Å². The summed E-state index contributed by atoms with van der Waals surface area (Å²) in [6, 6.07) is 13.5. The van der Waals surface area contributed by atoms with Crippen LogP contribution < -0.4 is 15.4 Å². The number of para-hydroxylation sites is 2. The van der Waals surface area contributed by atoms with Gasteiger partial charge in [-0.3, -0.25) is 0 Å². The van der Waals surface area contributed by atoms with E-state index in [2.05, 4.69) is 17.6 Å². The molecule has 0 bridgehead atoms. The number of ether oxygens (including phenoxy) is 1. The molecule has 0 aliphatic heterocycles. The second-order valence-corrected chi connectivity index (χ2v) is 5.08. The first-order chi connectivity index (χ1) is 10.7. The molecule has 4 heteroatoms. The molecule has 0 heterocycles. The summed E-state index contributed by atoms with van der Waals surface area (Å²) in [6.07, 6.45) is 0.879. The highest BCUT2D eigenvalue weighted by atomic mass is 16.5. The van der Waals surface area contributed by atoms with Crippen molar-refractivity contribution in [3.8, 4) is 5.75 Å². The second kappa shape index (κ2) is 7.50. The highest BCUT2D eigenvalue weighted by molar-refractivity contribution is 5.91. The van der Waals surface area contributed by atoms with Crippen molar-refractivity contribution in [3.05, 3.63) is 59.2 Å². The number of nitrogens with one attached hydrogen (secondary N) is 2. The lowest BCUT2D eigenvalue weighted by Crippen LogP contribution is -2.29. The number of carbonyl (C=O) groups is 1. The lowest BCUT2D eigenvalue weighted by molar-refractivity contribution is 0.251. The molecule has 2 N–H and O–H groups in total. The molecule has 2 aromatic carbocycles. The van der Waals surface area contributed by atoms with Crippen molar-refractivity contribution in [2.75, 3.05) is 12.4 Å². The number of amides is 2. The Kier molecular flexibility index (Phi) is 5.42. The van der Waals surface area contributed by atoms with E-state index >= 15 is 0 Å². The van der Waals surface area contributed by atoms with Gasteiger partial charge in [-0.05, 0) is 30.5 Å². The lowest BCUT2D eigenvalue weighted by Gasteiger charge is -2.14. The number of hydrogen-bond acceptors (Lipinski definition) is 2. The van der Waals surface area contributed by atoms with Crippen molar-refractivity contribution in [2.24, 2.45) is 0 Å². The third kappa shape index (κ3) is 3.79. The van der Waals surface area contributed by atoms with Gasteiger partial charge < -0.3 is 15.4 Å². The number of hydrogen-bond donors (Lipinski definition) is 2. The van der Waals surface area contributed by atoms with Gasteiger partial charge in [-0.1, -0.05) is 43.3 Å². The van der Waals surface area contributed by atoms with Crippen LogP contribution in [0.25, 0.3) is 0 Å². The summed E-state index contributed by atoms with van der Waals surface area (Å²) in [5, 5.41) is 5.82. The standard InChI is InChI=1S/C18H22N2O2/c1-4-14-10-7-8-13(2)17(14)20-18(21)19-12-15-9-5-6-11-16(15)22-3/h5-11H,4,12H2,1-3H3,(H2,19,20,21). The van der Waals surface area contributed by atoms with Crippen LogP contribution in [0, 0.1) is 6.92 Å². The number of anilines is 1. The summed E-state index contributed by atoms with van der Waals surface area (Å²) in [5.41, 5.74) is 4.03. The highest BCUT2D eigenvalue weighted by Crippen LogP contribution is 2.21. The smallest absolute Gasteiger partial charge is 0.319 e. The molecule has 2 aromatic rings. The van der Waals surface area contributed by atoms with Gasteiger partial charge >= 0.3 is 6.03 Å². The molecule has 0 radical (unpaired) electrons. The van der Waals surface area contributed by atoms with Crippen LogP contribution in [0.2, 0.25) is 0 Å². The number of urea groups is 1. The molecule has 0 saturated heterocycles. The van der Waals surface area contributed by atoms with Crippen LogP contribution >= 0.6 is 0 Å². The van der Waals surface area contributed by atoms with Gasteiger partial charge in [0.1, 0.15) is 5.75 Å². The van der Waals surface area contributed by atoms with Gasteiger partial charge in [0.25, 0.3) is 0 Å². The van der Waals surface area contributed by atoms with Crippen LogP contribution in [0.3, 0.4) is 0 Å². The Bertz CT molecular complexity index is 653. The van der Waals surface area contributed by atoms with Gasteiger partial charge in [-0.2, -0.15) is 0 Å². The monoisotopic (exact) mass is 298 g/mol. The van der Waals surface area contributed by atoms with E-state index in [4.69, 9.17) is 4.74 Å². The lowest BCUT2D eigenvalue weighted by atomic mass is 10.1. The van der Waals surface area contributed by atoms with Crippen molar-refractivity contribution < 1.29 is 9.53 Å². The molecule has 0 atom stereocenters. The van der Waals surface area contributed by atoms with E-state index in [1.165, 1.54) is 0 Å². The van der Waals surface area contributed by atoms with Gasteiger partial charge in [0.05, 0.1) is 7.11 Å². The highest BCUT2D eigenvalue weighted by Gasteiger charge is 2.09. The van der Waals surface area contributed by atoms with Crippen molar-refractivity contribution >= 4 is 11.7 Å². The molecule has 0 unspecified atom stereocenters. The fourth-order valence-corrected chi connectivity index (χ4v) is 2.38. The van der Waals surface area contributed by atoms with E-state index in [-0.39, 0.29) is 6.03 Å². The Hall–Kier alpha value is -2.49. The Balaban J connectivity index is 2.02. The van der Waals surface area contributed by atoms with Crippen LogP contribution in [0.15, 0.2) is 42.5 Å². The minimum Gasteiger partial charge on any atom is -0.496 e. The van der Waals surface area contributed by atoms with E-state index in [0.717, 1.165) is 34.5 Å². The first-order valence-electron chi connectivity index (χ1n) is 7.41. The quantitative estimate of drug-likeness (QED) is 0.880. The van der Waals surface area contributed by atoms with Gasteiger partial charge in [0.15, 0.2) is 0 Å². The molecular weight excluding hydrogens is 276 g/mol. The fourth-order valence-electron chi connectivity index (χ4n) is 2.38. The zero-order chi connectivity index (χ0) is 15.9. The molecule has 116 valence electrons. The van der Waals surface area contributed by atoms with Crippen molar-refractivity contribution in [1.29, 1.82) is 0 Å². The fraction of sp³-hybridized carbons (Fsp3) is 0.278. The van der Waals surface area contributed by atoms with Crippen molar-refractivity contribution in [3.63, 3.8) is 0 Å². The Labute approximate surface area is 131 Å². The summed E-state index contributed by atoms with van der Waals surface area (Å²) < 4.78 is 5.28.